The molecule has 0 unspecified atom stereocenters. The van der Waals surface area contributed by atoms with Crippen LogP contribution in [0.4, 0.5) is 5.69 Å². The van der Waals surface area contributed by atoms with Gasteiger partial charge in [0.1, 0.15) is 5.70 Å². The van der Waals surface area contributed by atoms with Crippen LogP contribution in [0.25, 0.3) is 6.08 Å². The highest BCUT2D eigenvalue weighted by atomic mass is 79.9. The molecule has 128 valence electrons. The fraction of sp³-hybridized carbons (Fsp3) is 0.200. The van der Waals surface area contributed by atoms with Gasteiger partial charge in [-0.25, -0.2) is 0 Å². The normalized spacial score (nSPS) is 14.1. The van der Waals surface area contributed by atoms with Gasteiger partial charge in [-0.05, 0) is 48.7 Å². The number of carbonyl (C=O) groups is 2. The summed E-state index contributed by atoms with van der Waals surface area (Å²) in [4.78, 5) is 26.7. The van der Waals surface area contributed by atoms with Crippen molar-refractivity contribution in [2.75, 3.05) is 11.9 Å². The van der Waals surface area contributed by atoms with Crippen LogP contribution in [-0.4, -0.2) is 18.9 Å². The lowest BCUT2D eigenvalue weighted by molar-refractivity contribution is -0.123. The molecule has 1 aliphatic rings. The van der Waals surface area contributed by atoms with Crippen LogP contribution in [-0.2, 0) is 9.59 Å². The molecule has 0 heterocycles. The molecule has 0 aliphatic heterocycles. The van der Waals surface area contributed by atoms with Gasteiger partial charge in [0.15, 0.2) is 0 Å². The molecule has 1 fully saturated rings. The fourth-order valence-electron chi connectivity index (χ4n) is 2.41. The molecule has 0 aromatic heterocycles. The van der Waals surface area contributed by atoms with Crippen LogP contribution >= 0.6 is 15.9 Å². The molecule has 3 rings (SSSR count). The Balaban J connectivity index is 1.86. The van der Waals surface area contributed by atoms with Crippen molar-refractivity contribution >= 4 is 39.5 Å². The largest absolute Gasteiger partial charge is 0.321 e. The second kappa shape index (κ2) is 7.66. The minimum absolute atomic E-state index is 0.0324. The number of amides is 2. The zero-order chi connectivity index (χ0) is 17.8. The first-order valence-electron chi connectivity index (χ1n) is 8.16. The van der Waals surface area contributed by atoms with Gasteiger partial charge < -0.3 is 10.2 Å². The third-order valence-corrected chi connectivity index (χ3v) is 4.59. The molecular weight excluding hydrogens is 380 g/mol. The van der Waals surface area contributed by atoms with Gasteiger partial charge in [-0.2, -0.15) is 0 Å². The highest BCUT2D eigenvalue weighted by Gasteiger charge is 2.31. The Morgan fingerprint density at radius 1 is 1.08 bits per heavy atom. The fourth-order valence-corrected chi connectivity index (χ4v) is 2.67. The Labute approximate surface area is 155 Å². The average Bonchev–Trinajstić information content (AvgIpc) is 3.46. The van der Waals surface area contributed by atoms with Crippen molar-refractivity contribution in [2.24, 2.45) is 5.92 Å². The Kier molecular flexibility index (Phi) is 5.34. The summed E-state index contributed by atoms with van der Waals surface area (Å²) < 4.78 is 0.944. The lowest BCUT2D eigenvalue weighted by atomic mass is 10.1. The summed E-state index contributed by atoms with van der Waals surface area (Å²) in [5.74, 6) is -0.301. The van der Waals surface area contributed by atoms with E-state index in [0.29, 0.717) is 0 Å². The molecule has 0 radical (unpaired) electrons. The van der Waals surface area contributed by atoms with Crippen LogP contribution < -0.4 is 10.2 Å². The van der Waals surface area contributed by atoms with Crippen LogP contribution in [0.1, 0.15) is 18.4 Å². The number of nitrogens with one attached hydrogen (secondary N) is 1. The van der Waals surface area contributed by atoms with E-state index in [1.807, 2.05) is 54.6 Å². The topological polar surface area (TPSA) is 49.4 Å². The molecule has 2 aromatic carbocycles. The third kappa shape index (κ3) is 4.57. The van der Waals surface area contributed by atoms with Gasteiger partial charge in [-0.15, -0.1) is 0 Å². The number of likely N-dealkylation sites (N-methyl/N-ethyl adjacent to an activating group) is 1. The molecule has 2 aromatic rings. The quantitative estimate of drug-likeness (QED) is 0.774. The first-order valence-corrected chi connectivity index (χ1v) is 8.95. The van der Waals surface area contributed by atoms with E-state index in [4.69, 9.17) is 0 Å². The van der Waals surface area contributed by atoms with E-state index >= 15 is 0 Å². The van der Waals surface area contributed by atoms with E-state index in [-0.39, 0.29) is 23.4 Å². The van der Waals surface area contributed by atoms with Gasteiger partial charge in [0, 0.05) is 23.1 Å². The van der Waals surface area contributed by atoms with Crippen LogP contribution in [0.2, 0.25) is 0 Å². The summed E-state index contributed by atoms with van der Waals surface area (Å²) in [6.45, 7) is 0. The van der Waals surface area contributed by atoms with Gasteiger partial charge >= 0.3 is 0 Å². The predicted octanol–water partition coefficient (Wildman–Crippen LogP) is 3.98. The van der Waals surface area contributed by atoms with Crippen molar-refractivity contribution < 1.29 is 9.59 Å². The molecule has 1 saturated carbocycles. The zero-order valence-electron chi connectivity index (χ0n) is 13.9. The first kappa shape index (κ1) is 17.4. The molecule has 4 nitrogen and oxygen atoms in total. The number of rotatable bonds is 5. The second-order valence-electron chi connectivity index (χ2n) is 6.07. The van der Waals surface area contributed by atoms with E-state index in [1.54, 1.807) is 13.1 Å². The standard InChI is InChI=1S/C20H19BrN2O2/c1-23(17-11-9-16(21)10-12-17)20(25)18(22-19(24)15-7-8-15)13-14-5-3-2-4-6-14/h2-6,9-13,15H,7-8H2,1H3,(H,22,24)/b18-13-. The van der Waals surface area contributed by atoms with Crippen LogP contribution in [0, 0.1) is 5.92 Å². The molecule has 0 spiro atoms. The van der Waals surface area contributed by atoms with Gasteiger partial charge in [0.05, 0.1) is 0 Å². The number of carbonyl (C=O) groups excluding carboxylic acids is 2. The van der Waals surface area contributed by atoms with Crippen molar-refractivity contribution in [3.63, 3.8) is 0 Å². The maximum Gasteiger partial charge on any atom is 0.274 e. The second-order valence-corrected chi connectivity index (χ2v) is 6.99. The summed E-state index contributed by atoms with van der Waals surface area (Å²) in [6, 6.07) is 17.0. The van der Waals surface area contributed by atoms with Crippen molar-refractivity contribution in [1.29, 1.82) is 0 Å². The minimum atomic E-state index is -0.250. The Bertz CT molecular complexity index is 796. The zero-order valence-corrected chi connectivity index (χ0v) is 15.5. The number of hydrogen-bond donors (Lipinski definition) is 1. The van der Waals surface area contributed by atoms with E-state index in [1.165, 1.54) is 4.90 Å². The number of anilines is 1. The van der Waals surface area contributed by atoms with Crippen molar-refractivity contribution in [3.05, 3.63) is 70.3 Å². The van der Waals surface area contributed by atoms with E-state index in [2.05, 4.69) is 21.2 Å². The summed E-state index contributed by atoms with van der Waals surface area (Å²) in [5, 5.41) is 2.81. The predicted molar refractivity (Wildman–Crippen MR) is 103 cm³/mol. The smallest absolute Gasteiger partial charge is 0.274 e. The van der Waals surface area contributed by atoms with Crippen LogP contribution in [0.3, 0.4) is 0 Å². The highest BCUT2D eigenvalue weighted by molar-refractivity contribution is 9.10. The molecule has 1 N–H and O–H groups in total. The number of hydrogen-bond acceptors (Lipinski definition) is 2. The molecule has 25 heavy (non-hydrogen) atoms. The monoisotopic (exact) mass is 398 g/mol. The van der Waals surface area contributed by atoms with E-state index in [9.17, 15) is 9.59 Å². The molecule has 0 atom stereocenters. The molecule has 0 bridgehead atoms. The van der Waals surface area contributed by atoms with Gasteiger partial charge in [0.25, 0.3) is 5.91 Å². The van der Waals surface area contributed by atoms with Crippen molar-refractivity contribution in [3.8, 4) is 0 Å². The van der Waals surface area contributed by atoms with Gasteiger partial charge in [-0.3, -0.25) is 9.59 Å². The molecule has 0 saturated heterocycles. The minimum Gasteiger partial charge on any atom is -0.321 e. The van der Waals surface area contributed by atoms with Crippen LogP contribution in [0.15, 0.2) is 64.8 Å². The summed E-state index contributed by atoms with van der Waals surface area (Å²) in [6.07, 6.45) is 3.50. The maximum atomic E-state index is 12.9. The highest BCUT2D eigenvalue weighted by Crippen LogP contribution is 2.29. The van der Waals surface area contributed by atoms with Gasteiger partial charge in [-0.1, -0.05) is 46.3 Å². The number of halogens is 1. The SMILES string of the molecule is CN(C(=O)/C(=C/c1ccccc1)NC(=O)C1CC1)c1ccc(Br)cc1. The van der Waals surface area contributed by atoms with Crippen LogP contribution in [0.5, 0.6) is 0 Å². The van der Waals surface area contributed by atoms with Gasteiger partial charge in [0.2, 0.25) is 5.91 Å². The Morgan fingerprint density at radius 2 is 1.72 bits per heavy atom. The number of benzene rings is 2. The lowest BCUT2D eigenvalue weighted by Gasteiger charge is -2.20. The molecular formula is C20H19BrN2O2. The first-order chi connectivity index (χ1) is 12.0. The summed E-state index contributed by atoms with van der Waals surface area (Å²) in [7, 11) is 1.70. The summed E-state index contributed by atoms with van der Waals surface area (Å²) >= 11 is 3.39. The molecule has 2 amide bonds. The average molecular weight is 399 g/mol. The van der Waals surface area contributed by atoms with E-state index in [0.717, 1.165) is 28.6 Å². The third-order valence-electron chi connectivity index (χ3n) is 4.07. The Morgan fingerprint density at radius 3 is 2.32 bits per heavy atom. The lowest BCUT2D eigenvalue weighted by Crippen LogP contribution is -2.36. The molecule has 5 heteroatoms. The van der Waals surface area contributed by atoms with Crippen molar-refractivity contribution in [2.45, 2.75) is 12.8 Å². The van der Waals surface area contributed by atoms with E-state index < -0.39 is 0 Å². The molecule has 1 aliphatic carbocycles. The van der Waals surface area contributed by atoms with Crippen molar-refractivity contribution in [1.82, 2.24) is 5.32 Å². The summed E-state index contributed by atoms with van der Waals surface area (Å²) in [5.41, 5.74) is 1.91. The number of nitrogens with zero attached hydrogens (tertiary/aromatic N) is 1. The maximum absolute atomic E-state index is 12.9. The Hall–Kier alpha value is -2.40.